The predicted molar refractivity (Wildman–Crippen MR) is 63.9 cm³/mol. The van der Waals surface area contributed by atoms with Gasteiger partial charge in [-0.3, -0.25) is 0 Å². The van der Waals surface area contributed by atoms with E-state index in [1.165, 1.54) is 12.1 Å². The zero-order valence-electron chi connectivity index (χ0n) is 7.49. The molecule has 1 aromatic rings. The SMILES string of the molecule is C=C(Br)CNCc1cc(F)ccc1Br. The van der Waals surface area contributed by atoms with Gasteiger partial charge in [-0.2, -0.15) is 0 Å². The highest BCUT2D eigenvalue weighted by Crippen LogP contribution is 2.17. The lowest BCUT2D eigenvalue weighted by molar-refractivity contribution is 0.622. The van der Waals surface area contributed by atoms with Crippen molar-refractivity contribution in [3.63, 3.8) is 0 Å². The Labute approximate surface area is 99.7 Å². The van der Waals surface area contributed by atoms with Crippen LogP contribution in [-0.2, 0) is 6.54 Å². The van der Waals surface area contributed by atoms with Crippen LogP contribution in [0.15, 0.2) is 33.7 Å². The van der Waals surface area contributed by atoms with Crippen LogP contribution in [0.1, 0.15) is 5.56 Å². The number of benzene rings is 1. The van der Waals surface area contributed by atoms with Crippen LogP contribution in [0.25, 0.3) is 0 Å². The van der Waals surface area contributed by atoms with E-state index in [-0.39, 0.29) is 5.82 Å². The molecule has 0 aliphatic carbocycles. The van der Waals surface area contributed by atoms with Crippen molar-refractivity contribution in [3.05, 3.63) is 45.1 Å². The number of halogens is 3. The normalized spacial score (nSPS) is 10.2. The molecule has 1 nitrogen and oxygen atoms in total. The second-order valence-electron chi connectivity index (χ2n) is 2.86. The van der Waals surface area contributed by atoms with Crippen LogP contribution >= 0.6 is 31.9 Å². The largest absolute Gasteiger partial charge is 0.308 e. The molecule has 0 saturated carbocycles. The van der Waals surface area contributed by atoms with Crippen LogP contribution in [-0.4, -0.2) is 6.54 Å². The molecule has 0 aromatic heterocycles. The zero-order valence-corrected chi connectivity index (χ0v) is 10.7. The van der Waals surface area contributed by atoms with Crippen LogP contribution in [0.2, 0.25) is 0 Å². The first-order valence-corrected chi connectivity index (χ1v) is 5.66. The fourth-order valence-corrected chi connectivity index (χ4v) is 1.60. The van der Waals surface area contributed by atoms with E-state index >= 15 is 0 Å². The summed E-state index contributed by atoms with van der Waals surface area (Å²) in [6.07, 6.45) is 0. The van der Waals surface area contributed by atoms with Gasteiger partial charge >= 0.3 is 0 Å². The molecule has 14 heavy (non-hydrogen) atoms. The van der Waals surface area contributed by atoms with Gasteiger partial charge in [0.1, 0.15) is 5.82 Å². The zero-order chi connectivity index (χ0) is 10.6. The third-order valence-corrected chi connectivity index (χ3v) is 2.69. The highest BCUT2D eigenvalue weighted by atomic mass is 79.9. The number of hydrogen-bond acceptors (Lipinski definition) is 1. The fourth-order valence-electron chi connectivity index (χ4n) is 1.01. The number of rotatable bonds is 4. The van der Waals surface area contributed by atoms with E-state index in [1.54, 1.807) is 6.07 Å². The summed E-state index contributed by atoms with van der Waals surface area (Å²) in [5.74, 6) is -0.220. The maximum absolute atomic E-state index is 12.9. The monoisotopic (exact) mass is 321 g/mol. The summed E-state index contributed by atoms with van der Waals surface area (Å²) in [5.41, 5.74) is 0.902. The summed E-state index contributed by atoms with van der Waals surface area (Å²) in [6.45, 7) is 4.98. The number of nitrogens with one attached hydrogen (secondary N) is 1. The minimum absolute atomic E-state index is 0.220. The Morgan fingerprint density at radius 3 is 2.86 bits per heavy atom. The van der Waals surface area contributed by atoms with E-state index in [4.69, 9.17) is 0 Å². The Morgan fingerprint density at radius 1 is 1.50 bits per heavy atom. The van der Waals surface area contributed by atoms with Crippen molar-refractivity contribution >= 4 is 31.9 Å². The van der Waals surface area contributed by atoms with Gasteiger partial charge in [-0.15, -0.1) is 0 Å². The van der Waals surface area contributed by atoms with Crippen LogP contribution in [0.4, 0.5) is 4.39 Å². The van der Waals surface area contributed by atoms with E-state index in [2.05, 4.69) is 43.8 Å². The van der Waals surface area contributed by atoms with Crippen molar-refractivity contribution in [1.29, 1.82) is 0 Å². The third kappa shape index (κ3) is 3.90. The molecule has 0 heterocycles. The highest BCUT2D eigenvalue weighted by Gasteiger charge is 2.00. The lowest BCUT2D eigenvalue weighted by Gasteiger charge is -2.06. The van der Waals surface area contributed by atoms with Crippen LogP contribution in [0.5, 0.6) is 0 Å². The summed E-state index contributed by atoms with van der Waals surface area (Å²) in [6, 6.07) is 4.64. The molecular weight excluding hydrogens is 313 g/mol. The second kappa shape index (κ2) is 5.63. The van der Waals surface area contributed by atoms with Gasteiger partial charge < -0.3 is 5.32 Å². The van der Waals surface area contributed by atoms with Gasteiger partial charge in [-0.25, -0.2) is 4.39 Å². The minimum Gasteiger partial charge on any atom is -0.308 e. The topological polar surface area (TPSA) is 12.0 Å². The first-order valence-electron chi connectivity index (χ1n) is 4.07. The van der Waals surface area contributed by atoms with Gasteiger partial charge in [0.25, 0.3) is 0 Å². The predicted octanol–water partition coefficient (Wildman–Crippen LogP) is 3.59. The molecule has 0 atom stereocenters. The molecule has 4 heteroatoms. The van der Waals surface area contributed by atoms with Crippen molar-refractivity contribution in [3.8, 4) is 0 Å². The standard InChI is InChI=1S/C10H10Br2FN/c1-7(11)5-14-6-8-4-9(13)2-3-10(8)12/h2-4,14H,1,5-6H2. The maximum atomic E-state index is 12.9. The molecule has 0 unspecified atom stereocenters. The van der Waals surface area contributed by atoms with E-state index < -0.39 is 0 Å². The third-order valence-electron chi connectivity index (χ3n) is 1.64. The van der Waals surface area contributed by atoms with E-state index in [0.29, 0.717) is 13.1 Å². The quantitative estimate of drug-likeness (QED) is 0.893. The van der Waals surface area contributed by atoms with Gasteiger partial charge in [-0.05, 0) is 23.8 Å². The molecule has 1 N–H and O–H groups in total. The molecule has 76 valence electrons. The summed E-state index contributed by atoms with van der Waals surface area (Å²) in [7, 11) is 0. The van der Waals surface area contributed by atoms with Gasteiger partial charge in [0, 0.05) is 22.0 Å². The molecule has 0 radical (unpaired) electrons. The smallest absolute Gasteiger partial charge is 0.123 e. The molecule has 0 saturated heterocycles. The molecule has 0 amide bonds. The summed E-state index contributed by atoms with van der Waals surface area (Å²) in [5, 5.41) is 3.13. The molecule has 1 aromatic carbocycles. The lowest BCUT2D eigenvalue weighted by Crippen LogP contribution is -2.14. The maximum Gasteiger partial charge on any atom is 0.123 e. The van der Waals surface area contributed by atoms with Crippen molar-refractivity contribution in [2.45, 2.75) is 6.54 Å². The summed E-state index contributed by atoms with van der Waals surface area (Å²) >= 11 is 6.60. The Hall–Kier alpha value is -0.190. The van der Waals surface area contributed by atoms with Gasteiger partial charge in [0.15, 0.2) is 0 Å². The molecule has 0 bridgehead atoms. The van der Waals surface area contributed by atoms with E-state index in [9.17, 15) is 4.39 Å². The Morgan fingerprint density at radius 2 is 2.21 bits per heavy atom. The minimum atomic E-state index is -0.220. The molecule has 0 spiro atoms. The second-order valence-corrected chi connectivity index (χ2v) is 4.83. The fraction of sp³-hybridized carbons (Fsp3) is 0.200. The van der Waals surface area contributed by atoms with Gasteiger partial charge in [-0.1, -0.05) is 38.4 Å². The molecule has 0 fully saturated rings. The first kappa shape index (κ1) is 11.9. The van der Waals surface area contributed by atoms with Crippen LogP contribution in [0, 0.1) is 5.82 Å². The van der Waals surface area contributed by atoms with Crippen molar-refractivity contribution in [2.24, 2.45) is 0 Å². The summed E-state index contributed by atoms with van der Waals surface area (Å²) in [4.78, 5) is 0. The average Bonchev–Trinajstić information content (AvgIpc) is 2.10. The summed E-state index contributed by atoms with van der Waals surface area (Å²) < 4.78 is 14.6. The lowest BCUT2D eigenvalue weighted by atomic mass is 10.2. The van der Waals surface area contributed by atoms with Crippen molar-refractivity contribution < 1.29 is 4.39 Å². The van der Waals surface area contributed by atoms with Gasteiger partial charge in [0.05, 0.1) is 0 Å². The van der Waals surface area contributed by atoms with E-state index in [0.717, 1.165) is 14.5 Å². The number of hydrogen-bond donors (Lipinski definition) is 1. The molecule has 1 rings (SSSR count). The van der Waals surface area contributed by atoms with E-state index in [1.807, 2.05) is 0 Å². The highest BCUT2D eigenvalue weighted by molar-refractivity contribution is 9.11. The Balaban J connectivity index is 2.57. The van der Waals surface area contributed by atoms with Crippen molar-refractivity contribution in [1.82, 2.24) is 5.32 Å². The van der Waals surface area contributed by atoms with Gasteiger partial charge in [0.2, 0.25) is 0 Å². The Bertz CT molecular complexity index is 339. The van der Waals surface area contributed by atoms with Crippen LogP contribution < -0.4 is 5.32 Å². The van der Waals surface area contributed by atoms with Crippen molar-refractivity contribution in [2.75, 3.05) is 6.54 Å². The average molecular weight is 323 g/mol. The first-order chi connectivity index (χ1) is 6.59. The molecule has 0 aliphatic heterocycles. The van der Waals surface area contributed by atoms with Crippen LogP contribution in [0.3, 0.4) is 0 Å². The Kier molecular flexibility index (Phi) is 4.78. The molecular formula is C10H10Br2FN. The molecule has 0 aliphatic rings.